The molecule has 0 spiro atoms. The van der Waals surface area contributed by atoms with E-state index < -0.39 is 0 Å². The van der Waals surface area contributed by atoms with Crippen molar-refractivity contribution < 1.29 is 0 Å². The van der Waals surface area contributed by atoms with Gasteiger partial charge in [0.25, 0.3) is 0 Å². The molecule has 0 unspecified atom stereocenters. The largest absolute Gasteiger partial charge is 0.368 e. The van der Waals surface area contributed by atoms with Gasteiger partial charge in [0.05, 0.1) is 21.7 Å². The van der Waals surface area contributed by atoms with Crippen LogP contribution in [0.15, 0.2) is 42.5 Å². The lowest BCUT2D eigenvalue weighted by Crippen LogP contribution is -2.46. The summed E-state index contributed by atoms with van der Waals surface area (Å²) in [5.41, 5.74) is 3.36. The van der Waals surface area contributed by atoms with Gasteiger partial charge in [-0.1, -0.05) is 23.7 Å². The van der Waals surface area contributed by atoms with Crippen LogP contribution in [-0.2, 0) is 6.42 Å². The van der Waals surface area contributed by atoms with Gasteiger partial charge < -0.3 is 9.88 Å². The minimum atomic E-state index is 0.848. The number of rotatable bonds is 5. The lowest BCUT2D eigenvalue weighted by atomic mass is 10.2. The van der Waals surface area contributed by atoms with Crippen LogP contribution in [0.25, 0.3) is 11.0 Å². The lowest BCUT2D eigenvalue weighted by molar-refractivity contribution is 0.254. The van der Waals surface area contributed by atoms with E-state index in [9.17, 15) is 0 Å². The van der Waals surface area contributed by atoms with Gasteiger partial charge in [0.1, 0.15) is 5.82 Å². The molecule has 1 fully saturated rings. The van der Waals surface area contributed by atoms with Gasteiger partial charge in [-0.15, -0.1) is 0 Å². The Balaban J connectivity index is 1.26. The molecule has 4 nitrogen and oxygen atoms in total. The number of nitrogens with zero attached hydrogens (tertiary/aromatic N) is 3. The van der Waals surface area contributed by atoms with E-state index in [0.717, 1.165) is 73.1 Å². The zero-order chi connectivity index (χ0) is 17.9. The fraction of sp³-hybridized carbons (Fsp3) is 0.350. The van der Waals surface area contributed by atoms with Gasteiger partial charge in [-0.2, -0.15) is 0 Å². The van der Waals surface area contributed by atoms with Crippen molar-refractivity contribution in [3.63, 3.8) is 0 Å². The summed E-state index contributed by atoms with van der Waals surface area (Å²) in [5, 5.41) is 0.848. The fourth-order valence-electron chi connectivity index (χ4n) is 3.54. The Labute approximate surface area is 172 Å². The first-order chi connectivity index (χ1) is 12.7. The molecule has 0 saturated carbocycles. The fourth-order valence-corrected chi connectivity index (χ4v) is 4.29. The first-order valence-electron chi connectivity index (χ1n) is 9.05. The third-order valence-corrected chi connectivity index (χ3v) is 5.94. The second-order valence-corrected chi connectivity index (χ2v) is 8.38. The molecular formula is C20H22ClIN4. The van der Waals surface area contributed by atoms with Crippen LogP contribution >= 0.6 is 34.2 Å². The van der Waals surface area contributed by atoms with Gasteiger partial charge in [0, 0.05) is 36.2 Å². The topological polar surface area (TPSA) is 35.2 Å². The van der Waals surface area contributed by atoms with Gasteiger partial charge in [0.2, 0.25) is 0 Å². The molecule has 26 heavy (non-hydrogen) atoms. The molecule has 1 saturated heterocycles. The Morgan fingerprint density at radius 1 is 1.08 bits per heavy atom. The summed E-state index contributed by atoms with van der Waals surface area (Å²) >= 11 is 8.66. The number of imidazole rings is 1. The number of fused-ring (bicyclic) bond motifs is 1. The number of aromatic nitrogens is 2. The predicted octanol–water partition coefficient (Wildman–Crippen LogP) is 4.58. The smallest absolute Gasteiger partial charge is 0.107 e. The van der Waals surface area contributed by atoms with Crippen LogP contribution in [0, 0.1) is 3.57 Å². The van der Waals surface area contributed by atoms with E-state index in [2.05, 4.69) is 67.7 Å². The van der Waals surface area contributed by atoms with Crippen molar-refractivity contribution in [2.45, 2.75) is 12.8 Å². The molecule has 1 N–H and O–H groups in total. The maximum Gasteiger partial charge on any atom is 0.107 e. The second kappa shape index (κ2) is 8.15. The Bertz CT molecular complexity index is 886. The van der Waals surface area contributed by atoms with E-state index in [1.54, 1.807) is 0 Å². The molecular weight excluding hydrogens is 459 g/mol. The zero-order valence-corrected chi connectivity index (χ0v) is 17.5. The van der Waals surface area contributed by atoms with Gasteiger partial charge >= 0.3 is 0 Å². The lowest BCUT2D eigenvalue weighted by Gasteiger charge is -2.36. The Hall–Kier alpha value is -1.31. The van der Waals surface area contributed by atoms with Crippen LogP contribution in [0.2, 0.25) is 5.02 Å². The van der Waals surface area contributed by atoms with E-state index in [-0.39, 0.29) is 0 Å². The maximum absolute atomic E-state index is 6.32. The molecule has 1 aliphatic heterocycles. The normalized spacial score (nSPS) is 15.7. The number of aromatic amines is 1. The average Bonchev–Trinajstić information content (AvgIpc) is 3.05. The molecule has 3 aromatic rings. The molecule has 136 valence electrons. The van der Waals surface area contributed by atoms with E-state index in [1.165, 1.54) is 3.57 Å². The maximum atomic E-state index is 6.32. The Morgan fingerprint density at radius 2 is 1.88 bits per heavy atom. The number of para-hydroxylation sites is 1. The third kappa shape index (κ3) is 4.15. The number of benzene rings is 2. The molecule has 1 aliphatic rings. The number of hydrogen-bond donors (Lipinski definition) is 1. The van der Waals surface area contributed by atoms with E-state index in [1.807, 2.05) is 12.1 Å². The molecule has 0 bridgehead atoms. The molecule has 4 rings (SSSR count). The van der Waals surface area contributed by atoms with Crippen molar-refractivity contribution in [2.75, 3.05) is 37.6 Å². The number of H-pyrrole nitrogens is 1. The van der Waals surface area contributed by atoms with E-state index in [4.69, 9.17) is 16.6 Å². The highest BCUT2D eigenvalue weighted by atomic mass is 127. The Morgan fingerprint density at radius 3 is 2.69 bits per heavy atom. The summed E-state index contributed by atoms with van der Waals surface area (Å²) in [4.78, 5) is 13.1. The highest BCUT2D eigenvalue weighted by molar-refractivity contribution is 14.1. The minimum Gasteiger partial charge on any atom is -0.368 e. The molecule has 6 heteroatoms. The highest BCUT2D eigenvalue weighted by Gasteiger charge is 2.18. The molecule has 2 heterocycles. The number of anilines is 1. The summed E-state index contributed by atoms with van der Waals surface area (Å²) in [6.07, 6.45) is 2.12. The summed E-state index contributed by atoms with van der Waals surface area (Å²) in [7, 11) is 0. The SMILES string of the molecule is Clc1ccccc1N1CCN(CCCc2nc3ccc(I)cc3[nH]2)CC1. The summed E-state index contributed by atoms with van der Waals surface area (Å²) in [6.45, 7) is 5.36. The third-order valence-electron chi connectivity index (χ3n) is 4.95. The van der Waals surface area contributed by atoms with Crippen molar-refractivity contribution in [3.05, 3.63) is 56.9 Å². The van der Waals surface area contributed by atoms with Crippen LogP contribution in [0.4, 0.5) is 5.69 Å². The van der Waals surface area contributed by atoms with E-state index in [0.29, 0.717) is 0 Å². The quantitative estimate of drug-likeness (QED) is 0.543. The molecule has 2 aromatic carbocycles. The molecule has 1 aromatic heterocycles. The number of aryl methyl sites for hydroxylation is 1. The molecule has 0 atom stereocenters. The summed E-state index contributed by atoms with van der Waals surface area (Å²) < 4.78 is 1.24. The van der Waals surface area contributed by atoms with Crippen molar-refractivity contribution in [2.24, 2.45) is 0 Å². The molecule has 0 radical (unpaired) electrons. The second-order valence-electron chi connectivity index (χ2n) is 6.73. The van der Waals surface area contributed by atoms with Crippen molar-refractivity contribution in [3.8, 4) is 0 Å². The first-order valence-corrected chi connectivity index (χ1v) is 10.5. The van der Waals surface area contributed by atoms with Crippen molar-refractivity contribution >= 4 is 50.9 Å². The van der Waals surface area contributed by atoms with Crippen molar-refractivity contribution in [1.82, 2.24) is 14.9 Å². The average molecular weight is 481 g/mol. The minimum absolute atomic E-state index is 0.848. The number of halogens is 2. The van der Waals surface area contributed by atoms with Gasteiger partial charge in [-0.25, -0.2) is 4.98 Å². The number of hydrogen-bond acceptors (Lipinski definition) is 3. The molecule has 0 aliphatic carbocycles. The highest BCUT2D eigenvalue weighted by Crippen LogP contribution is 2.26. The summed E-state index contributed by atoms with van der Waals surface area (Å²) in [5.74, 6) is 1.09. The number of nitrogens with one attached hydrogen (secondary N) is 1. The first kappa shape index (κ1) is 18.1. The zero-order valence-electron chi connectivity index (χ0n) is 14.6. The Kier molecular flexibility index (Phi) is 5.66. The van der Waals surface area contributed by atoms with E-state index >= 15 is 0 Å². The van der Waals surface area contributed by atoms with Gasteiger partial charge in [-0.05, 0) is 65.9 Å². The van der Waals surface area contributed by atoms with Crippen LogP contribution in [-0.4, -0.2) is 47.6 Å². The molecule has 0 amide bonds. The van der Waals surface area contributed by atoms with Gasteiger partial charge in [0.15, 0.2) is 0 Å². The van der Waals surface area contributed by atoms with Gasteiger partial charge in [-0.3, -0.25) is 4.90 Å². The number of piperazine rings is 1. The predicted molar refractivity (Wildman–Crippen MR) is 117 cm³/mol. The van der Waals surface area contributed by atoms with Crippen LogP contribution in [0.1, 0.15) is 12.2 Å². The van der Waals surface area contributed by atoms with Crippen LogP contribution < -0.4 is 4.90 Å². The standard InChI is InChI=1S/C20H22ClIN4/c21-16-4-1-2-5-19(16)26-12-10-25(11-13-26)9-3-6-20-23-17-8-7-15(22)14-18(17)24-20/h1-2,4-5,7-8,14H,3,6,9-13H2,(H,23,24). The van der Waals surface area contributed by atoms with Crippen LogP contribution in [0.3, 0.4) is 0 Å². The monoisotopic (exact) mass is 480 g/mol. The summed E-state index contributed by atoms with van der Waals surface area (Å²) in [6, 6.07) is 14.5. The van der Waals surface area contributed by atoms with Crippen molar-refractivity contribution in [1.29, 1.82) is 0 Å². The van der Waals surface area contributed by atoms with Crippen LogP contribution in [0.5, 0.6) is 0 Å².